The maximum atomic E-state index is 11.4. The van der Waals surface area contributed by atoms with Gasteiger partial charge in [-0.2, -0.15) is 0 Å². The molecule has 0 saturated heterocycles. The van der Waals surface area contributed by atoms with Gasteiger partial charge in [-0.15, -0.1) is 6.58 Å². The van der Waals surface area contributed by atoms with E-state index in [-0.39, 0.29) is 18.7 Å². The van der Waals surface area contributed by atoms with E-state index in [4.69, 9.17) is 4.74 Å². The molecule has 0 aromatic heterocycles. The van der Waals surface area contributed by atoms with E-state index in [2.05, 4.69) is 11.9 Å². The Morgan fingerprint density at radius 2 is 1.94 bits per heavy atom. The number of hydrogen-bond acceptors (Lipinski definition) is 3. The van der Waals surface area contributed by atoms with Crippen molar-refractivity contribution in [1.82, 2.24) is 5.32 Å². The predicted octanol–water partition coefficient (Wildman–Crippen LogP) is 1.67. The highest BCUT2D eigenvalue weighted by atomic mass is 16.5. The van der Waals surface area contributed by atoms with Gasteiger partial charge >= 0.3 is 5.97 Å². The molecule has 1 amide bonds. The molecule has 90 valence electrons. The topological polar surface area (TPSA) is 55.4 Å². The second-order valence-corrected chi connectivity index (χ2v) is 3.38. The predicted molar refractivity (Wildman–Crippen MR) is 64.5 cm³/mol. The first-order chi connectivity index (χ1) is 8.22. The fourth-order valence-electron chi connectivity index (χ4n) is 1.16. The summed E-state index contributed by atoms with van der Waals surface area (Å²) in [5.41, 5.74) is 0. The van der Waals surface area contributed by atoms with Gasteiger partial charge in [0.15, 0.2) is 0 Å². The van der Waals surface area contributed by atoms with Crippen molar-refractivity contribution in [3.05, 3.63) is 43.0 Å². The van der Waals surface area contributed by atoms with Crippen molar-refractivity contribution in [3.8, 4) is 5.75 Å². The molecule has 4 nitrogen and oxygen atoms in total. The number of hydrogen-bond donors (Lipinski definition) is 1. The Labute approximate surface area is 100 Å². The molecule has 0 spiro atoms. The molecule has 0 unspecified atom stereocenters. The smallest absolute Gasteiger partial charge is 0.311 e. The second kappa shape index (κ2) is 7.22. The van der Waals surface area contributed by atoms with E-state index in [9.17, 15) is 9.59 Å². The number of ether oxygens (including phenoxy) is 1. The van der Waals surface area contributed by atoms with Crippen molar-refractivity contribution >= 4 is 11.9 Å². The molecule has 1 aromatic carbocycles. The summed E-state index contributed by atoms with van der Waals surface area (Å²) in [5, 5.41) is 2.59. The van der Waals surface area contributed by atoms with Gasteiger partial charge in [0.1, 0.15) is 5.75 Å². The molecular weight excluding hydrogens is 218 g/mol. The summed E-state index contributed by atoms with van der Waals surface area (Å²) in [6.45, 7) is 3.89. The highest BCUT2D eigenvalue weighted by molar-refractivity contribution is 5.82. The van der Waals surface area contributed by atoms with Crippen LogP contribution in [0.5, 0.6) is 5.75 Å². The molecule has 1 aromatic rings. The van der Waals surface area contributed by atoms with Crippen LogP contribution in [0.3, 0.4) is 0 Å². The minimum atomic E-state index is -0.412. The average Bonchev–Trinajstić information content (AvgIpc) is 2.35. The highest BCUT2D eigenvalue weighted by Gasteiger charge is 2.07. The summed E-state index contributed by atoms with van der Waals surface area (Å²) in [5.74, 6) is -0.108. The third-order valence-corrected chi connectivity index (χ3v) is 1.97. The van der Waals surface area contributed by atoms with Crippen LogP contribution in [-0.4, -0.2) is 18.4 Å². The van der Waals surface area contributed by atoms with E-state index in [1.807, 2.05) is 6.07 Å². The molecule has 0 bridgehead atoms. The maximum absolute atomic E-state index is 11.4. The van der Waals surface area contributed by atoms with Crippen LogP contribution >= 0.6 is 0 Å². The van der Waals surface area contributed by atoms with Gasteiger partial charge in [-0.3, -0.25) is 9.59 Å². The van der Waals surface area contributed by atoms with E-state index in [1.54, 1.807) is 30.3 Å². The molecule has 0 heterocycles. The lowest BCUT2D eigenvalue weighted by atomic mass is 10.3. The van der Waals surface area contributed by atoms with E-state index < -0.39 is 5.97 Å². The van der Waals surface area contributed by atoms with Crippen molar-refractivity contribution in [1.29, 1.82) is 0 Å². The number of nitrogens with one attached hydrogen (secondary N) is 1. The first-order valence-corrected chi connectivity index (χ1v) is 5.35. The lowest BCUT2D eigenvalue weighted by molar-refractivity contribution is -0.136. The fraction of sp³-hybridized carbons (Fsp3) is 0.231. The molecule has 0 aliphatic rings. The van der Waals surface area contributed by atoms with Crippen LogP contribution in [0.2, 0.25) is 0 Å². The zero-order chi connectivity index (χ0) is 12.5. The normalized spacial score (nSPS) is 9.41. The molecule has 17 heavy (non-hydrogen) atoms. The van der Waals surface area contributed by atoms with Gasteiger partial charge in [0.25, 0.3) is 0 Å². The number of carbonyl (C=O) groups is 2. The summed E-state index contributed by atoms with van der Waals surface area (Å²) in [7, 11) is 0. The first-order valence-electron chi connectivity index (χ1n) is 5.35. The highest BCUT2D eigenvalue weighted by Crippen LogP contribution is 2.09. The molecule has 1 N–H and O–H groups in total. The lowest BCUT2D eigenvalue weighted by Gasteiger charge is -2.04. The standard InChI is InChI=1S/C13H15NO3/c1-2-10-14-12(15)8-9-13(16)17-11-6-4-3-5-7-11/h2-7H,1,8-10H2,(H,14,15). The van der Waals surface area contributed by atoms with Crippen molar-refractivity contribution < 1.29 is 14.3 Å². The van der Waals surface area contributed by atoms with Crippen LogP contribution in [0.1, 0.15) is 12.8 Å². The summed E-state index contributed by atoms with van der Waals surface area (Å²) >= 11 is 0. The van der Waals surface area contributed by atoms with Crippen LogP contribution in [0.15, 0.2) is 43.0 Å². The molecule has 4 heteroatoms. The number of esters is 1. The fourth-order valence-corrected chi connectivity index (χ4v) is 1.16. The van der Waals surface area contributed by atoms with Crippen molar-refractivity contribution in [3.63, 3.8) is 0 Å². The summed E-state index contributed by atoms with van der Waals surface area (Å²) < 4.78 is 5.03. The number of rotatable bonds is 6. The van der Waals surface area contributed by atoms with Crippen LogP contribution in [-0.2, 0) is 9.59 Å². The zero-order valence-electron chi connectivity index (χ0n) is 9.52. The molecule has 0 aliphatic carbocycles. The van der Waals surface area contributed by atoms with Crippen LogP contribution in [0, 0.1) is 0 Å². The lowest BCUT2D eigenvalue weighted by Crippen LogP contribution is -2.24. The largest absolute Gasteiger partial charge is 0.427 e. The molecule has 0 fully saturated rings. The van der Waals surface area contributed by atoms with Crippen molar-refractivity contribution in [2.45, 2.75) is 12.8 Å². The first kappa shape index (κ1) is 13.0. The Morgan fingerprint density at radius 1 is 1.24 bits per heavy atom. The maximum Gasteiger partial charge on any atom is 0.311 e. The molecule has 0 atom stereocenters. The number of benzene rings is 1. The number of carbonyl (C=O) groups excluding carboxylic acids is 2. The Bertz CT molecular complexity index is 387. The van der Waals surface area contributed by atoms with E-state index in [0.29, 0.717) is 12.3 Å². The minimum absolute atomic E-state index is 0.0673. The number of amides is 1. The SMILES string of the molecule is C=CCNC(=O)CCC(=O)Oc1ccccc1. The Hall–Kier alpha value is -2.10. The molecule has 1 rings (SSSR count). The van der Waals surface area contributed by atoms with E-state index >= 15 is 0 Å². The zero-order valence-corrected chi connectivity index (χ0v) is 9.52. The van der Waals surface area contributed by atoms with Gasteiger partial charge in [-0.05, 0) is 12.1 Å². The number of para-hydroxylation sites is 1. The van der Waals surface area contributed by atoms with Gasteiger partial charge in [-0.1, -0.05) is 24.3 Å². The quantitative estimate of drug-likeness (QED) is 0.462. The van der Waals surface area contributed by atoms with Gasteiger partial charge in [0.05, 0.1) is 6.42 Å². The summed E-state index contributed by atoms with van der Waals surface area (Å²) in [6.07, 6.45) is 1.78. The Morgan fingerprint density at radius 3 is 2.59 bits per heavy atom. The molecule has 0 saturated carbocycles. The third-order valence-electron chi connectivity index (χ3n) is 1.97. The summed E-state index contributed by atoms with van der Waals surface area (Å²) in [4.78, 5) is 22.6. The van der Waals surface area contributed by atoms with Gasteiger partial charge in [0.2, 0.25) is 5.91 Å². The van der Waals surface area contributed by atoms with E-state index in [1.165, 1.54) is 0 Å². The average molecular weight is 233 g/mol. The van der Waals surface area contributed by atoms with Crippen molar-refractivity contribution in [2.24, 2.45) is 0 Å². The minimum Gasteiger partial charge on any atom is -0.427 e. The van der Waals surface area contributed by atoms with Gasteiger partial charge in [-0.25, -0.2) is 0 Å². The Kier molecular flexibility index (Phi) is 5.51. The summed E-state index contributed by atoms with van der Waals surface area (Å²) in [6, 6.07) is 8.77. The van der Waals surface area contributed by atoms with Gasteiger partial charge < -0.3 is 10.1 Å². The van der Waals surface area contributed by atoms with Crippen LogP contribution in [0.25, 0.3) is 0 Å². The monoisotopic (exact) mass is 233 g/mol. The molecule has 0 aliphatic heterocycles. The Balaban J connectivity index is 2.26. The van der Waals surface area contributed by atoms with Crippen molar-refractivity contribution in [2.75, 3.05) is 6.54 Å². The molecular formula is C13H15NO3. The third kappa shape index (κ3) is 5.51. The second-order valence-electron chi connectivity index (χ2n) is 3.38. The van der Waals surface area contributed by atoms with Crippen LogP contribution in [0.4, 0.5) is 0 Å². The van der Waals surface area contributed by atoms with Crippen LogP contribution < -0.4 is 10.1 Å². The molecule has 0 radical (unpaired) electrons. The van der Waals surface area contributed by atoms with Gasteiger partial charge in [0, 0.05) is 13.0 Å². The van der Waals surface area contributed by atoms with E-state index in [0.717, 1.165) is 0 Å².